The molecule has 10 atom stereocenters. The lowest BCUT2D eigenvalue weighted by Gasteiger charge is -2.72. The van der Waals surface area contributed by atoms with Gasteiger partial charge in [-0.1, -0.05) is 46.8 Å². The van der Waals surface area contributed by atoms with E-state index in [0.29, 0.717) is 46.2 Å². The maximum atomic E-state index is 13.0. The van der Waals surface area contributed by atoms with Gasteiger partial charge in [-0.15, -0.1) is 0 Å². The molecule has 180 valence electrons. The van der Waals surface area contributed by atoms with E-state index in [-0.39, 0.29) is 12.0 Å². The Morgan fingerprint density at radius 3 is 2.28 bits per heavy atom. The van der Waals surface area contributed by atoms with Crippen molar-refractivity contribution in [2.24, 2.45) is 56.7 Å². The van der Waals surface area contributed by atoms with Crippen LogP contribution in [0.3, 0.4) is 0 Å². The zero-order valence-corrected chi connectivity index (χ0v) is 21.7. The number of allylic oxidation sites excluding steroid dienone is 1. The van der Waals surface area contributed by atoms with Crippen molar-refractivity contribution < 1.29 is 9.90 Å². The quantitative estimate of drug-likeness (QED) is 0.461. The smallest absolute Gasteiger partial charge is 0.141 e. The summed E-state index contributed by atoms with van der Waals surface area (Å²) in [6.45, 7) is 19.3. The number of carbonyl (C=O) groups is 1. The summed E-state index contributed by atoms with van der Waals surface area (Å²) in [6, 6.07) is 0. The minimum atomic E-state index is -0.534. The molecule has 0 aliphatic heterocycles. The number of aliphatic hydroxyl groups is 1. The monoisotopic (exact) mass is 440 g/mol. The van der Waals surface area contributed by atoms with E-state index in [1.807, 2.05) is 0 Å². The van der Waals surface area contributed by atoms with Gasteiger partial charge >= 0.3 is 0 Å². The first kappa shape index (κ1) is 23.1. The van der Waals surface area contributed by atoms with E-state index in [4.69, 9.17) is 0 Å². The van der Waals surface area contributed by atoms with Crippen molar-refractivity contribution in [3.05, 3.63) is 12.2 Å². The lowest BCUT2D eigenvalue weighted by atomic mass is 9.32. The molecule has 0 bridgehead atoms. The summed E-state index contributed by atoms with van der Waals surface area (Å²) < 4.78 is 0. The van der Waals surface area contributed by atoms with Crippen LogP contribution in [0.2, 0.25) is 0 Å². The topological polar surface area (TPSA) is 37.3 Å². The molecule has 10 unspecified atom stereocenters. The summed E-state index contributed by atoms with van der Waals surface area (Å²) in [5.41, 5.74) is 2.29. The SMILES string of the molecule is C=C(C)C1CCC2(C)CCC3(C)C(CCC4C5(C)CCC(=O)C(C)(CO)C5CCC43C)C12. The molecule has 2 heteroatoms. The standard InChI is InChI=1S/C30H48O2/c1-19(2)20-10-13-26(3)16-17-29(6)21(25(20)26)8-9-23-27(4)14-12-24(32)28(5,18-31)22(27)11-15-30(23,29)7/h20-23,25,31H,1,8-18H2,2-7H3. The normalized spacial score (nSPS) is 57.2. The summed E-state index contributed by atoms with van der Waals surface area (Å²) >= 11 is 0. The molecule has 32 heavy (non-hydrogen) atoms. The van der Waals surface area contributed by atoms with Crippen molar-refractivity contribution in [1.82, 2.24) is 0 Å². The van der Waals surface area contributed by atoms with Crippen LogP contribution in [0.5, 0.6) is 0 Å². The molecule has 5 fully saturated rings. The number of hydrogen-bond donors (Lipinski definition) is 1. The van der Waals surface area contributed by atoms with Crippen molar-refractivity contribution in [3.63, 3.8) is 0 Å². The third kappa shape index (κ3) is 2.60. The molecule has 1 N–H and O–H groups in total. The van der Waals surface area contributed by atoms with Crippen LogP contribution in [0.1, 0.15) is 106 Å². The Kier molecular flexibility index (Phi) is 5.03. The van der Waals surface area contributed by atoms with E-state index in [2.05, 4.69) is 48.1 Å². The van der Waals surface area contributed by atoms with Crippen LogP contribution < -0.4 is 0 Å². The van der Waals surface area contributed by atoms with E-state index in [0.717, 1.165) is 24.7 Å². The molecule has 2 nitrogen and oxygen atoms in total. The molecule has 0 spiro atoms. The first-order chi connectivity index (χ1) is 14.9. The summed E-state index contributed by atoms with van der Waals surface area (Å²) in [5, 5.41) is 10.4. The van der Waals surface area contributed by atoms with Crippen LogP contribution in [-0.2, 0) is 4.79 Å². The average molecular weight is 441 g/mol. The van der Waals surface area contributed by atoms with E-state index in [1.54, 1.807) is 0 Å². The molecule has 0 saturated heterocycles. The highest BCUT2D eigenvalue weighted by Crippen LogP contribution is 2.77. The van der Waals surface area contributed by atoms with Gasteiger partial charge in [-0.25, -0.2) is 0 Å². The van der Waals surface area contributed by atoms with Crippen LogP contribution in [0.15, 0.2) is 12.2 Å². The molecular weight excluding hydrogens is 392 g/mol. The Balaban J connectivity index is 1.55. The molecule has 5 aliphatic carbocycles. The van der Waals surface area contributed by atoms with Crippen LogP contribution in [0, 0.1) is 56.7 Å². The fraction of sp³-hybridized carbons (Fsp3) is 0.900. The Hall–Kier alpha value is -0.630. The number of aliphatic hydroxyl groups excluding tert-OH is 1. The Morgan fingerprint density at radius 2 is 1.62 bits per heavy atom. The Morgan fingerprint density at radius 1 is 0.906 bits per heavy atom. The predicted octanol–water partition coefficient (Wildman–Crippen LogP) is 7.21. The maximum Gasteiger partial charge on any atom is 0.141 e. The highest BCUT2D eigenvalue weighted by molar-refractivity contribution is 5.86. The molecule has 5 aliphatic rings. The molecule has 0 heterocycles. The molecule has 0 aromatic heterocycles. The van der Waals surface area contributed by atoms with Gasteiger partial charge in [0.25, 0.3) is 0 Å². The summed E-state index contributed by atoms with van der Waals surface area (Å²) in [7, 11) is 0. The molecule has 5 rings (SSSR count). The Bertz CT molecular complexity index is 831. The number of ketones is 1. The van der Waals surface area contributed by atoms with Gasteiger partial charge in [0, 0.05) is 6.42 Å². The number of hydrogen-bond acceptors (Lipinski definition) is 2. The minimum Gasteiger partial charge on any atom is -0.395 e. The van der Waals surface area contributed by atoms with Crippen molar-refractivity contribution in [3.8, 4) is 0 Å². The Labute approximate surface area is 197 Å². The first-order valence-corrected chi connectivity index (χ1v) is 13.7. The van der Waals surface area contributed by atoms with E-state index in [1.165, 1.54) is 50.5 Å². The number of carbonyl (C=O) groups excluding carboxylic acids is 1. The summed E-state index contributed by atoms with van der Waals surface area (Å²) in [6.07, 6.45) is 12.2. The van der Waals surface area contributed by atoms with Gasteiger partial charge in [0.05, 0.1) is 12.0 Å². The largest absolute Gasteiger partial charge is 0.395 e. The molecule has 5 saturated carbocycles. The van der Waals surface area contributed by atoms with Crippen molar-refractivity contribution in [2.45, 2.75) is 106 Å². The average Bonchev–Trinajstić information content (AvgIpc) is 3.09. The second-order valence-electron chi connectivity index (χ2n) is 14.3. The van der Waals surface area contributed by atoms with Crippen molar-refractivity contribution >= 4 is 5.78 Å². The molecule has 0 aromatic rings. The zero-order chi connectivity index (χ0) is 23.3. The third-order valence-corrected chi connectivity index (χ3v) is 13.4. The maximum absolute atomic E-state index is 13.0. The molecule has 0 amide bonds. The molecule has 0 aromatic carbocycles. The van der Waals surface area contributed by atoms with Gasteiger partial charge in [0.2, 0.25) is 0 Å². The van der Waals surface area contributed by atoms with Crippen molar-refractivity contribution in [2.75, 3.05) is 6.61 Å². The number of Topliss-reactive ketones (excluding diaryl/α,β-unsaturated/α-hetero) is 1. The van der Waals surface area contributed by atoms with E-state index >= 15 is 0 Å². The first-order valence-electron chi connectivity index (χ1n) is 13.7. The fourth-order valence-corrected chi connectivity index (χ4v) is 11.3. The zero-order valence-electron chi connectivity index (χ0n) is 21.7. The predicted molar refractivity (Wildman–Crippen MR) is 131 cm³/mol. The second kappa shape index (κ2) is 6.96. The summed E-state index contributed by atoms with van der Waals surface area (Å²) in [5.74, 6) is 3.64. The van der Waals surface area contributed by atoms with Crippen LogP contribution >= 0.6 is 0 Å². The van der Waals surface area contributed by atoms with E-state index in [9.17, 15) is 9.90 Å². The lowest BCUT2D eigenvalue weighted by molar-refractivity contribution is -0.236. The van der Waals surface area contributed by atoms with Gasteiger partial charge in [0.1, 0.15) is 5.78 Å². The van der Waals surface area contributed by atoms with Crippen LogP contribution in [0.4, 0.5) is 0 Å². The van der Waals surface area contributed by atoms with Crippen LogP contribution in [0.25, 0.3) is 0 Å². The highest BCUT2D eigenvalue weighted by atomic mass is 16.3. The van der Waals surface area contributed by atoms with Gasteiger partial charge in [-0.3, -0.25) is 4.79 Å². The van der Waals surface area contributed by atoms with Gasteiger partial charge in [0.15, 0.2) is 0 Å². The second-order valence-corrected chi connectivity index (χ2v) is 14.3. The lowest BCUT2D eigenvalue weighted by Crippen LogP contribution is -2.66. The highest BCUT2D eigenvalue weighted by Gasteiger charge is 2.70. The number of fused-ring (bicyclic) bond motifs is 7. The minimum absolute atomic E-state index is 0.0239. The molecular formula is C30H48O2. The van der Waals surface area contributed by atoms with E-state index < -0.39 is 5.41 Å². The fourth-order valence-electron chi connectivity index (χ4n) is 11.3. The van der Waals surface area contributed by atoms with Gasteiger partial charge in [-0.2, -0.15) is 0 Å². The molecule has 0 radical (unpaired) electrons. The van der Waals surface area contributed by atoms with Gasteiger partial charge < -0.3 is 5.11 Å². The van der Waals surface area contributed by atoms with Gasteiger partial charge in [-0.05, 0) is 116 Å². The summed E-state index contributed by atoms with van der Waals surface area (Å²) in [4.78, 5) is 13.0. The van der Waals surface area contributed by atoms with Crippen LogP contribution in [-0.4, -0.2) is 17.5 Å². The third-order valence-electron chi connectivity index (χ3n) is 13.4. The number of rotatable bonds is 2. The van der Waals surface area contributed by atoms with Crippen molar-refractivity contribution in [1.29, 1.82) is 0 Å².